The van der Waals surface area contributed by atoms with Crippen LogP contribution in [-0.4, -0.2) is 16.8 Å². The molecule has 0 aliphatic carbocycles. The second kappa shape index (κ2) is 3.20. The zero-order valence-electron chi connectivity index (χ0n) is 7.53. The predicted octanol–water partition coefficient (Wildman–Crippen LogP) is 2.68. The maximum Gasteiger partial charge on any atom is 0.416 e. The molecule has 1 atom stereocenters. The molecule has 0 saturated carbocycles. The molecule has 13 heavy (non-hydrogen) atoms. The van der Waals surface area contributed by atoms with Gasteiger partial charge in [-0.2, -0.15) is 13.2 Å². The van der Waals surface area contributed by atoms with Gasteiger partial charge in [0, 0.05) is 12.2 Å². The lowest BCUT2D eigenvalue weighted by Gasteiger charge is -2.35. The van der Waals surface area contributed by atoms with E-state index in [2.05, 4.69) is 0 Å². The second-order valence-corrected chi connectivity index (χ2v) is 4.72. The Morgan fingerprint density at radius 1 is 1.31 bits per heavy atom. The molecule has 5 heteroatoms. The number of halogens is 3. The summed E-state index contributed by atoms with van der Waals surface area (Å²) in [4.78, 5) is -2.07. The zero-order valence-corrected chi connectivity index (χ0v) is 8.35. The van der Waals surface area contributed by atoms with Crippen LogP contribution in [0.3, 0.4) is 0 Å². The molecule has 0 radical (unpaired) electrons. The van der Waals surface area contributed by atoms with Gasteiger partial charge in [0.25, 0.3) is 0 Å². The first-order chi connectivity index (χ1) is 5.76. The van der Waals surface area contributed by atoms with Gasteiger partial charge in [-0.25, -0.2) is 0 Å². The molecule has 0 spiro atoms. The summed E-state index contributed by atoms with van der Waals surface area (Å²) in [6, 6.07) is 0. The van der Waals surface area contributed by atoms with E-state index < -0.39 is 11.0 Å². The summed E-state index contributed by atoms with van der Waals surface area (Å²) in [7, 11) is 0. The lowest BCUT2D eigenvalue weighted by atomic mass is 10.0. The van der Waals surface area contributed by atoms with Crippen LogP contribution in [-0.2, 0) is 0 Å². The number of thioether (sulfide) groups is 1. The minimum atomic E-state index is -4.32. The van der Waals surface area contributed by atoms with Crippen molar-refractivity contribution in [2.24, 2.45) is 5.73 Å². The third kappa shape index (κ3) is 2.02. The molecule has 76 valence electrons. The molecule has 1 aliphatic rings. The van der Waals surface area contributed by atoms with E-state index in [1.807, 2.05) is 6.92 Å². The monoisotopic (exact) mass is 211 g/mol. The largest absolute Gasteiger partial charge is 0.416 e. The van der Waals surface area contributed by atoms with Gasteiger partial charge in [0.1, 0.15) is 0 Å². The summed E-state index contributed by atoms with van der Waals surface area (Å²) in [5.41, 5.74) is 7.06. The van der Waals surface area contributed by atoms with Crippen LogP contribution in [0.1, 0.15) is 20.3 Å². The van der Waals surface area contributed by atoms with Crippen LogP contribution in [0.4, 0.5) is 13.2 Å². The number of alkyl halides is 3. The Balaban J connectivity index is 2.88. The average molecular weight is 211 g/mol. The van der Waals surface area contributed by atoms with Gasteiger partial charge in [0.15, 0.2) is 4.87 Å². The lowest BCUT2D eigenvalue weighted by molar-refractivity contribution is -0.158. The Hall–Kier alpha value is -0.160. The predicted molar refractivity (Wildman–Crippen MR) is 48.4 cm³/mol. The van der Waals surface area contributed by atoms with Crippen molar-refractivity contribution in [1.29, 1.82) is 0 Å². The molecule has 1 nitrogen and oxygen atoms in total. The molecule has 0 aromatic heterocycles. The van der Waals surface area contributed by atoms with E-state index in [9.17, 15) is 13.2 Å². The van der Waals surface area contributed by atoms with E-state index in [0.717, 1.165) is 22.9 Å². The fourth-order valence-corrected chi connectivity index (χ4v) is 2.34. The van der Waals surface area contributed by atoms with Crippen molar-refractivity contribution < 1.29 is 13.2 Å². The van der Waals surface area contributed by atoms with E-state index in [4.69, 9.17) is 5.73 Å². The minimum Gasteiger partial charge on any atom is -0.309 e. The molecule has 0 fully saturated rings. The number of rotatable bonds is 0. The Morgan fingerprint density at radius 2 is 1.85 bits per heavy atom. The number of nitrogens with two attached hydrogens (primary N) is 1. The fourth-order valence-electron chi connectivity index (χ4n) is 1.14. The van der Waals surface area contributed by atoms with Gasteiger partial charge >= 0.3 is 6.18 Å². The van der Waals surface area contributed by atoms with Crippen molar-refractivity contribution in [2.45, 2.75) is 31.3 Å². The van der Waals surface area contributed by atoms with Gasteiger partial charge in [-0.3, -0.25) is 0 Å². The van der Waals surface area contributed by atoms with Crippen LogP contribution in [0, 0.1) is 0 Å². The number of hydrogen-bond donors (Lipinski definition) is 1. The van der Waals surface area contributed by atoms with Crippen molar-refractivity contribution in [3.8, 4) is 0 Å². The van der Waals surface area contributed by atoms with Gasteiger partial charge in [0.05, 0.1) is 0 Å². The Kier molecular flexibility index (Phi) is 2.69. The van der Waals surface area contributed by atoms with E-state index in [-0.39, 0.29) is 6.42 Å². The van der Waals surface area contributed by atoms with Crippen molar-refractivity contribution >= 4 is 11.8 Å². The van der Waals surface area contributed by atoms with E-state index in [0.29, 0.717) is 5.75 Å². The molecule has 0 unspecified atom stereocenters. The van der Waals surface area contributed by atoms with Gasteiger partial charge < -0.3 is 5.73 Å². The SMILES string of the molecule is CC1=C(C)C[C@@](N)(C(F)(F)F)SC1. The molecular weight excluding hydrogens is 199 g/mol. The molecule has 2 N–H and O–H groups in total. The van der Waals surface area contributed by atoms with E-state index in [1.165, 1.54) is 0 Å². The fraction of sp³-hybridized carbons (Fsp3) is 0.750. The van der Waals surface area contributed by atoms with Crippen LogP contribution in [0.25, 0.3) is 0 Å². The highest BCUT2D eigenvalue weighted by molar-refractivity contribution is 8.00. The first-order valence-electron chi connectivity index (χ1n) is 3.91. The summed E-state index contributed by atoms with van der Waals surface area (Å²) < 4.78 is 37.4. The van der Waals surface area contributed by atoms with Crippen molar-refractivity contribution in [2.75, 3.05) is 5.75 Å². The van der Waals surface area contributed by atoms with Crippen LogP contribution in [0.5, 0.6) is 0 Å². The molecule has 1 rings (SSSR count). The molecule has 0 amide bonds. The highest BCUT2D eigenvalue weighted by Crippen LogP contribution is 2.45. The normalized spacial score (nSPS) is 30.9. The lowest BCUT2D eigenvalue weighted by Crippen LogP contribution is -2.52. The van der Waals surface area contributed by atoms with Crippen LogP contribution in [0.15, 0.2) is 11.1 Å². The summed E-state index contributed by atoms with van der Waals surface area (Å²) in [5, 5.41) is 0. The van der Waals surface area contributed by atoms with Gasteiger partial charge in [0.2, 0.25) is 0 Å². The van der Waals surface area contributed by atoms with Crippen molar-refractivity contribution in [1.82, 2.24) is 0 Å². The second-order valence-electron chi connectivity index (χ2n) is 3.41. The molecular formula is C8H12F3NS. The molecule has 0 bridgehead atoms. The molecule has 1 heterocycles. The van der Waals surface area contributed by atoms with Gasteiger partial charge in [-0.1, -0.05) is 11.1 Å². The summed E-state index contributed by atoms with van der Waals surface area (Å²) in [6.45, 7) is 3.56. The maximum atomic E-state index is 12.5. The standard InChI is InChI=1S/C8H12F3NS/c1-5-3-7(12,8(9,10)11)13-4-6(5)2/h3-4,12H2,1-2H3/t7-/m0/s1. The molecule has 1 aliphatic heterocycles. The first-order valence-corrected chi connectivity index (χ1v) is 4.89. The summed E-state index contributed by atoms with van der Waals surface area (Å²) in [5.74, 6) is 0.377. The minimum absolute atomic E-state index is 0.0903. The quantitative estimate of drug-likeness (QED) is 0.623. The molecule has 0 aromatic carbocycles. The Morgan fingerprint density at radius 3 is 2.23 bits per heavy atom. The number of hydrogen-bond acceptors (Lipinski definition) is 2. The van der Waals surface area contributed by atoms with Crippen LogP contribution < -0.4 is 5.73 Å². The maximum absolute atomic E-state index is 12.5. The van der Waals surface area contributed by atoms with Crippen LogP contribution in [0.2, 0.25) is 0 Å². The Bertz CT molecular complexity index is 246. The smallest absolute Gasteiger partial charge is 0.309 e. The topological polar surface area (TPSA) is 26.0 Å². The first kappa shape index (κ1) is 10.9. The highest BCUT2D eigenvalue weighted by Gasteiger charge is 2.53. The highest BCUT2D eigenvalue weighted by atomic mass is 32.2. The van der Waals surface area contributed by atoms with Crippen molar-refractivity contribution in [3.05, 3.63) is 11.1 Å². The molecule has 0 aromatic rings. The van der Waals surface area contributed by atoms with Gasteiger partial charge in [-0.15, -0.1) is 11.8 Å². The Labute approximate surface area is 79.6 Å². The van der Waals surface area contributed by atoms with Crippen LogP contribution >= 0.6 is 11.8 Å². The van der Waals surface area contributed by atoms with Gasteiger partial charge in [-0.05, 0) is 13.8 Å². The average Bonchev–Trinajstić information content (AvgIpc) is 1.95. The summed E-state index contributed by atoms with van der Waals surface area (Å²) >= 11 is 0.779. The summed E-state index contributed by atoms with van der Waals surface area (Å²) in [6.07, 6.45) is -4.41. The third-order valence-corrected chi connectivity index (χ3v) is 3.75. The van der Waals surface area contributed by atoms with E-state index in [1.54, 1.807) is 6.92 Å². The third-order valence-electron chi connectivity index (χ3n) is 2.28. The van der Waals surface area contributed by atoms with Crippen molar-refractivity contribution in [3.63, 3.8) is 0 Å². The van der Waals surface area contributed by atoms with E-state index >= 15 is 0 Å². The zero-order chi connectivity index (χ0) is 10.3. The molecule has 0 saturated heterocycles.